The minimum Gasteiger partial charge on any atom is -0.481 e. The van der Waals surface area contributed by atoms with Crippen molar-refractivity contribution in [2.45, 2.75) is 27.7 Å². The minimum absolute atomic E-state index is 0. The van der Waals surface area contributed by atoms with Gasteiger partial charge >= 0.3 is 0 Å². The average Bonchev–Trinajstić information content (AvgIpc) is 2.13. The molecule has 0 radical (unpaired) electrons. The molecule has 0 aromatic heterocycles. The second-order valence-corrected chi connectivity index (χ2v) is 2.65. The first kappa shape index (κ1) is 36.7. The molecule has 0 saturated heterocycles. The van der Waals surface area contributed by atoms with Crippen LogP contribution in [0.3, 0.4) is 0 Å². The van der Waals surface area contributed by atoms with E-state index >= 15 is 0 Å². The molecule has 0 atom stereocenters. The Morgan fingerprint density at radius 1 is 0.619 bits per heavy atom. The van der Waals surface area contributed by atoms with Crippen LogP contribution in [0.2, 0.25) is 0 Å². The largest absolute Gasteiger partial charge is 0.481 e. The predicted molar refractivity (Wildman–Crippen MR) is 71.3 cm³/mol. The summed E-state index contributed by atoms with van der Waals surface area (Å²) in [5, 5.41) is 29.7. The van der Waals surface area contributed by atoms with Gasteiger partial charge in [-0.1, -0.05) is 0 Å². The van der Waals surface area contributed by atoms with Gasteiger partial charge in [0.2, 0.25) is 0 Å². The zero-order valence-corrected chi connectivity index (χ0v) is 18.2. The molecular weight excluding hydrogens is 477 g/mol. The van der Waals surface area contributed by atoms with Crippen molar-refractivity contribution in [2.75, 3.05) is 13.1 Å². The number of hydrogen-bond acceptors (Lipinski definition) is 6. The van der Waals surface area contributed by atoms with E-state index in [9.17, 15) is 0 Å². The number of hydrogen-bond donors (Lipinski definition) is 6. The maximum atomic E-state index is 9.00. The Morgan fingerprint density at radius 3 is 0.667 bits per heavy atom. The van der Waals surface area contributed by atoms with Gasteiger partial charge < -0.3 is 31.9 Å². The molecule has 10 nitrogen and oxygen atoms in total. The van der Waals surface area contributed by atoms with Crippen LogP contribution in [0.5, 0.6) is 0 Å². The summed E-state index contributed by atoms with van der Waals surface area (Å²) in [6.45, 7) is 5.53. The van der Waals surface area contributed by atoms with Crippen molar-refractivity contribution in [3.05, 3.63) is 0 Å². The minimum atomic E-state index is -0.833. The second kappa shape index (κ2) is 36.3. The van der Waals surface area contributed by atoms with E-state index in [4.69, 9.17) is 51.1 Å². The van der Waals surface area contributed by atoms with Crippen LogP contribution < -0.4 is 11.5 Å². The van der Waals surface area contributed by atoms with E-state index in [1.54, 1.807) is 0 Å². The Hall–Kier alpha value is -1.26. The van der Waals surface area contributed by atoms with Crippen molar-refractivity contribution in [3.8, 4) is 0 Å². The number of aliphatic carboxylic acids is 4. The molecular formula is C10H24HgN2O8. The van der Waals surface area contributed by atoms with Crippen molar-refractivity contribution in [2.24, 2.45) is 11.5 Å². The van der Waals surface area contributed by atoms with Gasteiger partial charge in [-0.15, -0.1) is 0 Å². The summed E-state index contributed by atoms with van der Waals surface area (Å²) in [4.78, 5) is 36.0. The summed E-state index contributed by atoms with van der Waals surface area (Å²) in [6.07, 6.45) is 0. The molecule has 11 heteroatoms. The molecule has 0 unspecified atom stereocenters. The van der Waals surface area contributed by atoms with Crippen LogP contribution in [0.15, 0.2) is 0 Å². The van der Waals surface area contributed by atoms with Gasteiger partial charge in [0.15, 0.2) is 0 Å². The van der Waals surface area contributed by atoms with Crippen molar-refractivity contribution in [1.82, 2.24) is 0 Å². The first-order chi connectivity index (χ1) is 8.84. The predicted octanol–water partition coefficient (Wildman–Crippen LogP) is -0.735. The quantitative estimate of drug-likeness (QED) is 0.249. The summed E-state index contributed by atoms with van der Waals surface area (Å²) in [7, 11) is 0. The Morgan fingerprint density at radius 2 is 0.667 bits per heavy atom. The van der Waals surface area contributed by atoms with E-state index in [1.807, 2.05) is 0 Å². The third-order valence-electron chi connectivity index (χ3n) is 0.167. The molecule has 0 aliphatic rings. The van der Waals surface area contributed by atoms with E-state index in [0.29, 0.717) is 13.1 Å². The molecule has 0 aromatic carbocycles. The van der Waals surface area contributed by atoms with E-state index in [0.717, 1.165) is 27.7 Å². The number of nitrogens with two attached hydrogens (primary N) is 2. The Bertz CT molecular complexity index is 195. The van der Waals surface area contributed by atoms with Gasteiger partial charge in [-0.05, 0) is 0 Å². The van der Waals surface area contributed by atoms with Gasteiger partial charge in [0, 0.05) is 68.5 Å². The fourth-order valence-corrected chi connectivity index (χ4v) is 0. The summed E-state index contributed by atoms with van der Waals surface area (Å²) in [5.41, 5.74) is 9.81. The maximum Gasteiger partial charge on any atom is 0.300 e. The molecule has 8 N–H and O–H groups in total. The number of rotatable bonds is 1. The van der Waals surface area contributed by atoms with Gasteiger partial charge in [0.25, 0.3) is 23.9 Å². The zero-order valence-electron chi connectivity index (χ0n) is 12.7. The zero-order chi connectivity index (χ0) is 17.7. The standard InChI is InChI=1S/C2H8N2.4C2H4O2.Hg/c3-1-2-4;4*1-2(3)4;/h1-4H2;4*1H3,(H,3,4);. The molecule has 0 bridgehead atoms. The summed E-state index contributed by atoms with van der Waals surface area (Å²) in [5.74, 6) is -3.33. The van der Waals surface area contributed by atoms with Gasteiger partial charge in [-0.3, -0.25) is 19.2 Å². The number of carboxylic acids is 4. The second-order valence-electron chi connectivity index (χ2n) is 2.65. The third kappa shape index (κ3) is 74800. The molecule has 0 heterocycles. The monoisotopic (exact) mass is 502 g/mol. The van der Waals surface area contributed by atoms with E-state index < -0.39 is 23.9 Å². The van der Waals surface area contributed by atoms with Crippen LogP contribution in [0, 0.1) is 0 Å². The van der Waals surface area contributed by atoms with Gasteiger partial charge in [-0.2, -0.15) is 0 Å². The van der Waals surface area contributed by atoms with Gasteiger partial charge in [-0.25, -0.2) is 0 Å². The smallest absolute Gasteiger partial charge is 0.300 e. The van der Waals surface area contributed by atoms with Crippen LogP contribution >= 0.6 is 0 Å². The molecule has 0 aliphatic heterocycles. The van der Waals surface area contributed by atoms with E-state index in [1.165, 1.54) is 0 Å². The molecule has 0 aromatic rings. The van der Waals surface area contributed by atoms with Crippen LogP contribution in [-0.2, 0) is 46.8 Å². The molecule has 0 rings (SSSR count). The van der Waals surface area contributed by atoms with Gasteiger partial charge in [0.1, 0.15) is 0 Å². The Labute approximate surface area is 143 Å². The normalized spacial score (nSPS) is 6.19. The van der Waals surface area contributed by atoms with Crippen molar-refractivity contribution < 1.29 is 67.3 Å². The molecule has 0 spiro atoms. The van der Waals surface area contributed by atoms with Crippen molar-refractivity contribution in [1.29, 1.82) is 0 Å². The van der Waals surface area contributed by atoms with E-state index in [-0.39, 0.29) is 27.7 Å². The van der Waals surface area contributed by atoms with Gasteiger partial charge in [0.05, 0.1) is 0 Å². The molecule has 124 valence electrons. The molecule has 0 fully saturated rings. The van der Waals surface area contributed by atoms with Crippen LogP contribution in [0.25, 0.3) is 0 Å². The fraction of sp³-hybridized carbons (Fsp3) is 0.600. The Kier molecular flexibility index (Phi) is 63.5. The summed E-state index contributed by atoms with van der Waals surface area (Å²) in [6, 6.07) is 0. The fourth-order valence-electron chi connectivity index (χ4n) is 0. The van der Waals surface area contributed by atoms with Crippen LogP contribution in [-0.4, -0.2) is 57.4 Å². The summed E-state index contributed by atoms with van der Waals surface area (Å²) < 4.78 is 0. The topological polar surface area (TPSA) is 201 Å². The van der Waals surface area contributed by atoms with Crippen molar-refractivity contribution in [3.63, 3.8) is 0 Å². The van der Waals surface area contributed by atoms with Crippen LogP contribution in [0.1, 0.15) is 27.7 Å². The van der Waals surface area contributed by atoms with E-state index in [2.05, 4.69) is 0 Å². The number of carbonyl (C=O) groups is 4. The Balaban J connectivity index is -0.0000000331. The molecule has 0 saturated carbocycles. The molecule has 21 heavy (non-hydrogen) atoms. The summed E-state index contributed by atoms with van der Waals surface area (Å²) >= 11 is 0. The average molecular weight is 501 g/mol. The number of carboxylic acid groups (broad SMARTS) is 4. The van der Waals surface area contributed by atoms with Crippen molar-refractivity contribution >= 4 is 23.9 Å². The maximum absolute atomic E-state index is 9.00. The SMILES string of the molecule is CC(=O)O.CC(=O)O.CC(=O)O.CC(=O)O.NCCN.[Hg]. The third-order valence-corrected chi connectivity index (χ3v) is 0.167. The molecule has 0 amide bonds. The van der Waals surface area contributed by atoms with Crippen LogP contribution in [0.4, 0.5) is 0 Å². The first-order valence-electron chi connectivity index (χ1n) is 5.03. The first-order valence-corrected chi connectivity index (χ1v) is 5.03. The molecule has 0 aliphatic carbocycles.